The zero-order valence-electron chi connectivity index (χ0n) is 8.25. The first-order valence-corrected chi connectivity index (χ1v) is 4.62. The summed E-state index contributed by atoms with van der Waals surface area (Å²) in [6.07, 6.45) is -2.96. The number of alkyl halides is 3. The maximum atomic E-state index is 12.0. The van der Waals surface area contributed by atoms with Crippen molar-refractivity contribution in [2.45, 2.75) is 32.0 Å². The number of hydrogen-bond acceptors (Lipinski definition) is 2. The predicted octanol–water partition coefficient (Wildman–Crippen LogP) is 2.42. The van der Waals surface area contributed by atoms with Crippen LogP contribution >= 0.6 is 0 Å². The zero-order valence-corrected chi connectivity index (χ0v) is 8.25. The van der Waals surface area contributed by atoms with Crippen LogP contribution in [0.4, 0.5) is 13.2 Å². The average Bonchev–Trinajstić information content (AvgIpc) is 2.50. The Balaban J connectivity index is 2.42. The Morgan fingerprint density at radius 3 is 2.67 bits per heavy atom. The molecule has 0 aliphatic carbocycles. The Hall–Kier alpha value is -1.04. The molecule has 1 heterocycles. The molecule has 0 spiro atoms. The van der Waals surface area contributed by atoms with Gasteiger partial charge in [-0.15, -0.1) is 0 Å². The van der Waals surface area contributed by atoms with Crippen LogP contribution < -0.4 is 0 Å². The number of halogens is 3. The van der Waals surface area contributed by atoms with Crippen molar-refractivity contribution in [2.75, 3.05) is 0 Å². The molecule has 0 fully saturated rings. The van der Waals surface area contributed by atoms with E-state index in [1.54, 1.807) is 0 Å². The minimum atomic E-state index is -4.17. The van der Waals surface area contributed by atoms with Crippen LogP contribution in [0.25, 0.3) is 0 Å². The van der Waals surface area contributed by atoms with Crippen molar-refractivity contribution in [1.82, 2.24) is 10.2 Å². The molecule has 0 aliphatic heterocycles. The second kappa shape index (κ2) is 4.65. The van der Waals surface area contributed by atoms with Crippen LogP contribution in [-0.2, 0) is 0 Å². The molecule has 15 heavy (non-hydrogen) atoms. The molecule has 0 saturated heterocycles. The number of aliphatic hydroxyl groups excluding tert-OH is 1. The topological polar surface area (TPSA) is 48.9 Å². The van der Waals surface area contributed by atoms with Gasteiger partial charge >= 0.3 is 6.18 Å². The van der Waals surface area contributed by atoms with Gasteiger partial charge in [-0.1, -0.05) is 6.92 Å². The first-order valence-electron chi connectivity index (χ1n) is 4.62. The van der Waals surface area contributed by atoms with Gasteiger partial charge in [-0.3, -0.25) is 5.10 Å². The normalized spacial score (nSPS) is 16.3. The van der Waals surface area contributed by atoms with E-state index in [0.717, 1.165) is 0 Å². The lowest BCUT2D eigenvalue weighted by molar-refractivity contribution is -0.145. The van der Waals surface area contributed by atoms with E-state index in [-0.39, 0.29) is 6.42 Å². The van der Waals surface area contributed by atoms with E-state index < -0.39 is 24.6 Å². The maximum absolute atomic E-state index is 12.0. The molecule has 2 unspecified atom stereocenters. The fourth-order valence-corrected chi connectivity index (χ4v) is 1.44. The average molecular weight is 222 g/mol. The molecule has 0 bridgehead atoms. The standard InChI is InChI=1S/C9H13F3N2O/c1-6(3-9(10,11)12)2-8(15)7-4-13-14-5-7/h4-6,8,15H,2-3H2,1H3,(H,13,14). The van der Waals surface area contributed by atoms with E-state index in [9.17, 15) is 18.3 Å². The van der Waals surface area contributed by atoms with E-state index in [1.807, 2.05) is 0 Å². The minimum Gasteiger partial charge on any atom is -0.388 e. The second-order valence-electron chi connectivity index (χ2n) is 3.71. The van der Waals surface area contributed by atoms with Crippen molar-refractivity contribution in [3.05, 3.63) is 18.0 Å². The third kappa shape index (κ3) is 4.33. The highest BCUT2D eigenvalue weighted by Crippen LogP contribution is 2.30. The Labute approximate surface area is 85.3 Å². The van der Waals surface area contributed by atoms with Crippen molar-refractivity contribution in [2.24, 2.45) is 5.92 Å². The van der Waals surface area contributed by atoms with Crippen LogP contribution in [0.2, 0.25) is 0 Å². The third-order valence-corrected chi connectivity index (χ3v) is 2.11. The first-order chi connectivity index (χ1) is 6.88. The SMILES string of the molecule is CC(CC(O)c1cn[nH]c1)CC(F)(F)F. The van der Waals surface area contributed by atoms with Crippen molar-refractivity contribution in [1.29, 1.82) is 0 Å². The quantitative estimate of drug-likeness (QED) is 0.821. The van der Waals surface area contributed by atoms with Gasteiger partial charge in [-0.05, 0) is 12.3 Å². The van der Waals surface area contributed by atoms with Crippen LogP contribution in [-0.4, -0.2) is 21.5 Å². The molecular weight excluding hydrogens is 209 g/mol. The van der Waals surface area contributed by atoms with E-state index in [0.29, 0.717) is 5.56 Å². The summed E-state index contributed by atoms with van der Waals surface area (Å²) in [5, 5.41) is 15.7. The Kier molecular flexibility index (Phi) is 3.73. The monoisotopic (exact) mass is 222 g/mol. The maximum Gasteiger partial charge on any atom is 0.389 e. The molecule has 2 N–H and O–H groups in total. The molecule has 3 nitrogen and oxygen atoms in total. The summed E-state index contributed by atoms with van der Waals surface area (Å²) < 4.78 is 36.0. The number of rotatable bonds is 4. The number of nitrogens with one attached hydrogen (secondary N) is 1. The summed E-state index contributed by atoms with van der Waals surface area (Å²) in [6.45, 7) is 1.47. The van der Waals surface area contributed by atoms with E-state index in [2.05, 4.69) is 10.2 Å². The number of hydrogen-bond donors (Lipinski definition) is 2. The summed E-state index contributed by atoms with van der Waals surface area (Å²) in [6, 6.07) is 0. The van der Waals surface area contributed by atoms with Crippen molar-refractivity contribution in [3.63, 3.8) is 0 Å². The third-order valence-electron chi connectivity index (χ3n) is 2.11. The number of aromatic nitrogens is 2. The van der Waals surface area contributed by atoms with Gasteiger partial charge in [0.25, 0.3) is 0 Å². The molecule has 2 atom stereocenters. The summed E-state index contributed by atoms with van der Waals surface area (Å²) in [7, 11) is 0. The highest BCUT2D eigenvalue weighted by Gasteiger charge is 2.30. The van der Waals surface area contributed by atoms with Gasteiger partial charge in [0.15, 0.2) is 0 Å². The second-order valence-corrected chi connectivity index (χ2v) is 3.71. The van der Waals surface area contributed by atoms with Crippen LogP contribution in [0, 0.1) is 5.92 Å². The molecule has 1 aromatic rings. The molecule has 6 heteroatoms. The van der Waals surface area contributed by atoms with Gasteiger partial charge in [0.1, 0.15) is 0 Å². The van der Waals surface area contributed by atoms with Crippen molar-refractivity contribution in [3.8, 4) is 0 Å². The van der Waals surface area contributed by atoms with E-state index in [1.165, 1.54) is 19.3 Å². The largest absolute Gasteiger partial charge is 0.389 e. The molecular formula is C9H13F3N2O. The van der Waals surface area contributed by atoms with Gasteiger partial charge in [0, 0.05) is 18.2 Å². The summed E-state index contributed by atoms with van der Waals surface area (Å²) >= 11 is 0. The molecule has 1 aromatic heterocycles. The van der Waals surface area contributed by atoms with Gasteiger partial charge < -0.3 is 5.11 Å². The van der Waals surface area contributed by atoms with E-state index in [4.69, 9.17) is 0 Å². The molecule has 86 valence electrons. The fourth-order valence-electron chi connectivity index (χ4n) is 1.44. The number of aliphatic hydroxyl groups is 1. The summed E-state index contributed by atoms with van der Waals surface area (Å²) in [4.78, 5) is 0. The molecule has 0 radical (unpaired) electrons. The number of H-pyrrole nitrogens is 1. The lowest BCUT2D eigenvalue weighted by atomic mass is 9.97. The summed E-state index contributed by atoms with van der Waals surface area (Å²) in [5.41, 5.74) is 0.518. The lowest BCUT2D eigenvalue weighted by Crippen LogP contribution is -2.15. The van der Waals surface area contributed by atoms with Crippen LogP contribution in [0.5, 0.6) is 0 Å². The molecule has 0 saturated carbocycles. The van der Waals surface area contributed by atoms with Gasteiger partial charge in [0.2, 0.25) is 0 Å². The number of nitrogens with zero attached hydrogens (tertiary/aromatic N) is 1. The molecule has 1 rings (SSSR count). The van der Waals surface area contributed by atoms with Crippen LogP contribution in [0.1, 0.15) is 31.4 Å². The fraction of sp³-hybridized carbons (Fsp3) is 0.667. The highest BCUT2D eigenvalue weighted by atomic mass is 19.4. The van der Waals surface area contributed by atoms with Gasteiger partial charge in [-0.25, -0.2) is 0 Å². The Bertz CT molecular complexity index is 284. The van der Waals surface area contributed by atoms with E-state index >= 15 is 0 Å². The smallest absolute Gasteiger partial charge is 0.388 e. The first kappa shape index (κ1) is 12.0. The molecule has 0 amide bonds. The Morgan fingerprint density at radius 1 is 1.53 bits per heavy atom. The van der Waals surface area contributed by atoms with Gasteiger partial charge in [0.05, 0.1) is 12.3 Å². The van der Waals surface area contributed by atoms with Crippen molar-refractivity contribution < 1.29 is 18.3 Å². The van der Waals surface area contributed by atoms with Crippen LogP contribution in [0.15, 0.2) is 12.4 Å². The molecule has 0 aliphatic rings. The molecule has 0 aromatic carbocycles. The minimum absolute atomic E-state index is 0.0824. The predicted molar refractivity (Wildman–Crippen MR) is 48.0 cm³/mol. The zero-order chi connectivity index (χ0) is 11.5. The lowest BCUT2D eigenvalue weighted by Gasteiger charge is -2.16. The van der Waals surface area contributed by atoms with Crippen LogP contribution in [0.3, 0.4) is 0 Å². The summed E-state index contributed by atoms with van der Waals surface area (Å²) in [5.74, 6) is -0.602. The highest BCUT2D eigenvalue weighted by molar-refractivity contribution is 5.06. The number of aromatic amines is 1. The van der Waals surface area contributed by atoms with Gasteiger partial charge in [-0.2, -0.15) is 18.3 Å². The Morgan fingerprint density at radius 2 is 2.20 bits per heavy atom. The van der Waals surface area contributed by atoms with Crippen molar-refractivity contribution >= 4 is 0 Å².